The van der Waals surface area contributed by atoms with Crippen LogP contribution in [0.15, 0.2) is 24.3 Å². The number of carbonyl (C=O) groups is 2. The van der Waals surface area contributed by atoms with Crippen molar-refractivity contribution >= 4 is 29.5 Å². The van der Waals surface area contributed by atoms with Crippen LogP contribution in [0.25, 0.3) is 0 Å². The minimum absolute atomic E-state index is 0.0551. The number of hydrogen-bond acceptors (Lipinski definition) is 4. The molecule has 0 aliphatic carbocycles. The van der Waals surface area contributed by atoms with E-state index in [4.69, 9.17) is 5.11 Å². The number of rotatable bonds is 2. The first kappa shape index (κ1) is 13.7. The van der Waals surface area contributed by atoms with Gasteiger partial charge in [-0.1, -0.05) is 12.1 Å². The molecule has 3 rings (SSSR count). The smallest absolute Gasteiger partial charge is 0.335 e. The van der Waals surface area contributed by atoms with Gasteiger partial charge in [-0.15, -0.1) is 11.8 Å². The number of H-pyrrole nitrogens is 1. The Balaban J connectivity index is 2.03. The summed E-state index contributed by atoms with van der Waals surface area (Å²) in [7, 11) is 0. The molecule has 0 spiro atoms. The number of aromatic carboxylic acids is 1. The van der Waals surface area contributed by atoms with E-state index in [-0.39, 0.29) is 16.7 Å². The Morgan fingerprint density at radius 2 is 2.10 bits per heavy atom. The fraction of sp³-hybridized carbons (Fsp3) is 0.214. The maximum atomic E-state index is 11.7. The summed E-state index contributed by atoms with van der Waals surface area (Å²) in [5, 5.41) is 18.7. The molecule has 2 heterocycles. The molecule has 1 aliphatic rings. The van der Waals surface area contributed by atoms with E-state index in [1.807, 2.05) is 6.92 Å². The average Bonchev–Trinajstić information content (AvgIpc) is 2.72. The van der Waals surface area contributed by atoms with Crippen LogP contribution in [0.4, 0.5) is 5.82 Å². The number of carboxylic acid groups (broad SMARTS) is 1. The lowest BCUT2D eigenvalue weighted by Crippen LogP contribution is -2.12. The van der Waals surface area contributed by atoms with Gasteiger partial charge in [0.15, 0.2) is 5.82 Å². The van der Waals surface area contributed by atoms with Crippen molar-refractivity contribution in [1.29, 1.82) is 0 Å². The third-order valence-electron chi connectivity index (χ3n) is 3.36. The number of fused-ring (bicyclic) bond motifs is 1. The normalized spacial score (nSPS) is 17.8. The third-order valence-corrected chi connectivity index (χ3v) is 4.63. The van der Waals surface area contributed by atoms with Gasteiger partial charge < -0.3 is 10.4 Å². The van der Waals surface area contributed by atoms with Crippen LogP contribution in [0.5, 0.6) is 0 Å². The van der Waals surface area contributed by atoms with E-state index in [1.165, 1.54) is 11.8 Å². The molecule has 0 radical (unpaired) electrons. The Bertz CT molecular complexity index is 709. The van der Waals surface area contributed by atoms with Gasteiger partial charge >= 0.3 is 5.97 Å². The molecule has 0 saturated carbocycles. The van der Waals surface area contributed by atoms with Gasteiger partial charge in [-0.25, -0.2) is 4.79 Å². The lowest BCUT2D eigenvalue weighted by molar-refractivity contribution is -0.113. The van der Waals surface area contributed by atoms with Crippen LogP contribution in [-0.4, -0.2) is 32.9 Å². The molecule has 1 aromatic heterocycles. The van der Waals surface area contributed by atoms with E-state index >= 15 is 0 Å². The number of nitrogens with zero attached hydrogens (tertiary/aromatic N) is 1. The monoisotopic (exact) mass is 303 g/mol. The van der Waals surface area contributed by atoms with E-state index < -0.39 is 5.97 Å². The molecule has 0 saturated heterocycles. The Hall–Kier alpha value is -2.28. The standard InChI is InChI=1S/C14H13N3O3S/c1-7-11-12(8-2-4-9(5-3-8)14(19)20)21-6-10(18)15-13(11)17-16-7/h2-5,12H,6H2,1H3,(H,19,20)(H2,15,16,17,18)/t12-/m1/s1. The molecule has 108 valence electrons. The van der Waals surface area contributed by atoms with E-state index in [2.05, 4.69) is 15.5 Å². The molecular formula is C14H13N3O3S. The summed E-state index contributed by atoms with van der Waals surface area (Å²) in [6, 6.07) is 6.72. The van der Waals surface area contributed by atoms with Crippen molar-refractivity contribution in [1.82, 2.24) is 10.2 Å². The molecule has 21 heavy (non-hydrogen) atoms. The number of anilines is 1. The van der Waals surface area contributed by atoms with E-state index in [0.717, 1.165) is 16.8 Å². The maximum absolute atomic E-state index is 11.7. The zero-order valence-electron chi connectivity index (χ0n) is 11.2. The molecule has 1 amide bonds. The Morgan fingerprint density at radius 1 is 1.38 bits per heavy atom. The third kappa shape index (κ3) is 2.52. The molecule has 7 heteroatoms. The molecule has 0 fully saturated rings. The number of aromatic amines is 1. The largest absolute Gasteiger partial charge is 0.478 e. The first-order valence-electron chi connectivity index (χ1n) is 6.36. The average molecular weight is 303 g/mol. The number of nitrogens with one attached hydrogen (secondary N) is 2. The van der Waals surface area contributed by atoms with Crippen LogP contribution < -0.4 is 5.32 Å². The zero-order chi connectivity index (χ0) is 15.0. The predicted octanol–water partition coefficient (Wildman–Crippen LogP) is 2.19. The summed E-state index contributed by atoms with van der Waals surface area (Å²) in [5.74, 6) is -0.152. The summed E-state index contributed by atoms with van der Waals surface area (Å²) in [5.41, 5.74) is 3.03. The number of thioether (sulfide) groups is 1. The van der Waals surface area contributed by atoms with E-state index in [9.17, 15) is 9.59 Å². The highest BCUT2D eigenvalue weighted by Crippen LogP contribution is 2.42. The summed E-state index contributed by atoms with van der Waals surface area (Å²) in [4.78, 5) is 22.6. The topological polar surface area (TPSA) is 95.1 Å². The van der Waals surface area contributed by atoms with Crippen molar-refractivity contribution in [2.24, 2.45) is 0 Å². The van der Waals surface area contributed by atoms with Crippen LogP contribution >= 0.6 is 11.8 Å². The number of amides is 1. The highest BCUT2D eigenvalue weighted by molar-refractivity contribution is 8.00. The predicted molar refractivity (Wildman–Crippen MR) is 79.7 cm³/mol. The van der Waals surface area contributed by atoms with Crippen molar-refractivity contribution in [3.05, 3.63) is 46.6 Å². The quantitative estimate of drug-likeness (QED) is 0.790. The molecule has 1 atom stereocenters. The van der Waals surface area contributed by atoms with Gasteiger partial charge in [-0.05, 0) is 24.6 Å². The SMILES string of the molecule is Cc1[nH]nc2c1[C@@H](c1ccc(C(=O)O)cc1)SCC(=O)N2. The number of hydrogen-bond donors (Lipinski definition) is 3. The number of carboxylic acids is 1. The number of benzene rings is 1. The molecule has 2 aromatic rings. The molecular weight excluding hydrogens is 290 g/mol. The van der Waals surface area contributed by atoms with Crippen molar-refractivity contribution < 1.29 is 14.7 Å². The van der Waals surface area contributed by atoms with Crippen molar-refractivity contribution in [3.63, 3.8) is 0 Å². The lowest BCUT2D eigenvalue weighted by atomic mass is 10.0. The Labute approximate surface area is 124 Å². The number of carbonyl (C=O) groups excluding carboxylic acids is 1. The second-order valence-electron chi connectivity index (χ2n) is 4.78. The van der Waals surface area contributed by atoms with Gasteiger partial charge in [0.05, 0.1) is 16.6 Å². The van der Waals surface area contributed by atoms with Crippen LogP contribution in [-0.2, 0) is 4.79 Å². The highest BCUT2D eigenvalue weighted by atomic mass is 32.2. The van der Waals surface area contributed by atoms with Crippen molar-refractivity contribution in [3.8, 4) is 0 Å². The minimum atomic E-state index is -0.952. The van der Waals surface area contributed by atoms with E-state index in [0.29, 0.717) is 11.6 Å². The van der Waals surface area contributed by atoms with Gasteiger partial charge in [0.2, 0.25) is 5.91 Å². The second kappa shape index (κ2) is 5.25. The zero-order valence-corrected chi connectivity index (χ0v) is 12.0. The number of aromatic nitrogens is 2. The summed E-state index contributed by atoms with van der Waals surface area (Å²) in [6.45, 7) is 1.91. The molecule has 1 aliphatic heterocycles. The second-order valence-corrected chi connectivity index (χ2v) is 5.87. The van der Waals surface area contributed by atoms with Crippen LogP contribution in [0.3, 0.4) is 0 Å². The van der Waals surface area contributed by atoms with Crippen molar-refractivity contribution in [2.45, 2.75) is 12.2 Å². The fourth-order valence-corrected chi connectivity index (χ4v) is 3.52. The summed E-state index contributed by atoms with van der Waals surface area (Å²) < 4.78 is 0. The van der Waals surface area contributed by atoms with Crippen LogP contribution in [0.2, 0.25) is 0 Å². The minimum Gasteiger partial charge on any atom is -0.478 e. The van der Waals surface area contributed by atoms with Crippen molar-refractivity contribution in [2.75, 3.05) is 11.1 Å². The van der Waals surface area contributed by atoms with Gasteiger partial charge in [0.25, 0.3) is 0 Å². The fourth-order valence-electron chi connectivity index (χ4n) is 2.33. The van der Waals surface area contributed by atoms with Gasteiger partial charge in [-0.3, -0.25) is 9.89 Å². The van der Waals surface area contributed by atoms with Crippen LogP contribution in [0.1, 0.15) is 32.4 Å². The first-order chi connectivity index (χ1) is 10.1. The highest BCUT2D eigenvalue weighted by Gasteiger charge is 2.28. The molecule has 0 unspecified atom stereocenters. The molecule has 3 N–H and O–H groups in total. The van der Waals surface area contributed by atoms with Gasteiger partial charge in [-0.2, -0.15) is 5.10 Å². The van der Waals surface area contributed by atoms with Gasteiger partial charge in [0, 0.05) is 11.3 Å². The lowest BCUT2D eigenvalue weighted by Gasteiger charge is -2.15. The van der Waals surface area contributed by atoms with E-state index in [1.54, 1.807) is 24.3 Å². The first-order valence-corrected chi connectivity index (χ1v) is 7.40. The molecule has 1 aromatic carbocycles. The maximum Gasteiger partial charge on any atom is 0.335 e. The molecule has 0 bridgehead atoms. The Morgan fingerprint density at radius 3 is 2.76 bits per heavy atom. The van der Waals surface area contributed by atoms with Crippen LogP contribution in [0, 0.1) is 6.92 Å². The van der Waals surface area contributed by atoms with Gasteiger partial charge in [0.1, 0.15) is 0 Å². The molecule has 6 nitrogen and oxygen atoms in total. The summed E-state index contributed by atoms with van der Waals surface area (Å²) >= 11 is 1.50. The Kier molecular flexibility index (Phi) is 3.42. The summed E-state index contributed by atoms with van der Waals surface area (Å²) in [6.07, 6.45) is 0. The number of aryl methyl sites for hydroxylation is 1.